The van der Waals surface area contributed by atoms with Crippen molar-refractivity contribution >= 4 is 45.6 Å². The summed E-state index contributed by atoms with van der Waals surface area (Å²) in [6.07, 6.45) is 0.269. The molecule has 0 aliphatic heterocycles. The first kappa shape index (κ1) is 20.1. The quantitative estimate of drug-likeness (QED) is 0.524. The molecule has 0 aliphatic rings. The maximum Gasteiger partial charge on any atom is 0.508 e. The number of carbonyl (C=O) groups excluding carboxylic acids is 1. The number of hydrogen-bond donors (Lipinski definition) is 1. The summed E-state index contributed by atoms with van der Waals surface area (Å²) in [5.41, 5.74) is -0.910. The highest BCUT2D eigenvalue weighted by Gasteiger charge is 2.24. The number of carboxylic acid groups (broad SMARTS) is 1. The number of methoxy groups -OCH3 is 1. The van der Waals surface area contributed by atoms with E-state index in [1.54, 1.807) is 22.6 Å². The molecule has 1 atom stereocenters. The van der Waals surface area contributed by atoms with Crippen LogP contribution in [0.5, 0.6) is 0 Å². The van der Waals surface area contributed by atoms with Gasteiger partial charge in [0.05, 0.1) is 18.7 Å². The first-order valence-electron chi connectivity index (χ1n) is 7.65. The van der Waals surface area contributed by atoms with Crippen LogP contribution >= 0.6 is 22.6 Å². The second kappa shape index (κ2) is 8.02. The molecule has 0 spiro atoms. The summed E-state index contributed by atoms with van der Waals surface area (Å²) in [6.45, 7) is 3.53. The van der Waals surface area contributed by atoms with Gasteiger partial charge in [0, 0.05) is 15.2 Å². The normalized spacial score (nSPS) is 12.2. The lowest BCUT2D eigenvalue weighted by Crippen LogP contribution is -2.27. The number of aromatic carboxylic acids is 1. The minimum atomic E-state index is -1.39. The average molecular weight is 477 g/mol. The highest BCUT2D eigenvalue weighted by Crippen LogP contribution is 2.26. The van der Waals surface area contributed by atoms with E-state index in [0.717, 1.165) is 6.20 Å². The van der Waals surface area contributed by atoms with Crippen molar-refractivity contribution in [3.8, 4) is 0 Å². The van der Waals surface area contributed by atoms with E-state index in [1.165, 1.54) is 23.8 Å². The Kier molecular flexibility index (Phi) is 6.21. The van der Waals surface area contributed by atoms with E-state index in [0.29, 0.717) is 0 Å². The summed E-state index contributed by atoms with van der Waals surface area (Å²) in [5.74, 6) is -2.04. The molecular weight excluding hydrogens is 460 g/mol. The first-order valence-corrected chi connectivity index (χ1v) is 8.73. The maximum atomic E-state index is 14.1. The van der Waals surface area contributed by atoms with Gasteiger partial charge < -0.3 is 19.1 Å². The van der Waals surface area contributed by atoms with Gasteiger partial charge in [-0.1, -0.05) is 13.8 Å². The molecule has 26 heavy (non-hydrogen) atoms. The van der Waals surface area contributed by atoms with Crippen molar-refractivity contribution in [1.29, 1.82) is 0 Å². The van der Waals surface area contributed by atoms with Crippen molar-refractivity contribution in [2.24, 2.45) is 5.92 Å². The number of carbonyl (C=O) groups is 2. The molecule has 2 aromatic rings. The van der Waals surface area contributed by atoms with Crippen LogP contribution in [0.1, 0.15) is 30.2 Å². The minimum Gasteiger partial charge on any atom is -0.477 e. The molecule has 0 radical (unpaired) electrons. The average Bonchev–Trinajstić information content (AvgIpc) is 2.57. The second-order valence-electron chi connectivity index (χ2n) is 5.94. The van der Waals surface area contributed by atoms with Gasteiger partial charge in [-0.2, -0.15) is 0 Å². The van der Waals surface area contributed by atoms with Gasteiger partial charge in [-0.05, 0) is 40.6 Å². The number of benzene rings is 1. The number of fused-ring (bicyclic) bond motifs is 1. The van der Waals surface area contributed by atoms with Gasteiger partial charge in [-0.15, -0.1) is 0 Å². The number of aromatic nitrogens is 1. The Morgan fingerprint density at radius 2 is 2.00 bits per heavy atom. The number of nitrogens with zero attached hydrogens (tertiary/aromatic N) is 1. The predicted molar refractivity (Wildman–Crippen MR) is 100 cm³/mol. The number of hydrogen-bond acceptors (Lipinski definition) is 5. The summed E-state index contributed by atoms with van der Waals surface area (Å²) in [5, 5.41) is 9.44. The molecule has 0 amide bonds. The van der Waals surface area contributed by atoms with Gasteiger partial charge >= 0.3 is 12.1 Å². The van der Waals surface area contributed by atoms with E-state index in [1.807, 2.05) is 13.8 Å². The lowest BCUT2D eigenvalue weighted by Gasteiger charge is -2.26. The van der Waals surface area contributed by atoms with E-state index >= 15 is 0 Å². The van der Waals surface area contributed by atoms with Gasteiger partial charge in [0.25, 0.3) is 0 Å². The molecule has 1 N–H and O–H groups in total. The van der Waals surface area contributed by atoms with Crippen LogP contribution < -0.4 is 5.43 Å². The number of halogens is 2. The lowest BCUT2D eigenvalue weighted by atomic mass is 10.0. The maximum absolute atomic E-state index is 14.1. The molecule has 1 heterocycles. The standard InChI is InChI=1S/C17H17FINO6/c1-8(2)14(7-26-17(24)25-3)20-6-10(16(22)23)15(21)9-4-12(19)11(18)5-13(9)20/h4-6,8,14H,7H2,1-3H3,(H,22,23). The van der Waals surface area contributed by atoms with Gasteiger partial charge in [0.1, 0.15) is 18.0 Å². The van der Waals surface area contributed by atoms with Crippen LogP contribution in [-0.2, 0) is 9.47 Å². The van der Waals surface area contributed by atoms with Gasteiger partial charge in [-0.3, -0.25) is 4.79 Å². The summed E-state index contributed by atoms with van der Waals surface area (Å²) in [4.78, 5) is 35.2. The molecule has 0 aliphatic carbocycles. The fourth-order valence-corrected chi connectivity index (χ4v) is 3.04. The van der Waals surface area contributed by atoms with Crippen molar-refractivity contribution in [2.45, 2.75) is 19.9 Å². The Morgan fingerprint density at radius 3 is 2.54 bits per heavy atom. The minimum absolute atomic E-state index is 0.0828. The molecule has 1 aromatic carbocycles. The van der Waals surface area contributed by atoms with Gasteiger partial charge in [0.2, 0.25) is 5.43 Å². The summed E-state index contributed by atoms with van der Waals surface area (Å²) in [7, 11) is 1.17. The molecule has 1 aromatic heterocycles. The highest BCUT2D eigenvalue weighted by molar-refractivity contribution is 14.1. The lowest BCUT2D eigenvalue weighted by molar-refractivity contribution is 0.0553. The Balaban J connectivity index is 2.75. The predicted octanol–water partition coefficient (Wildman–Crippen LogP) is 3.42. The van der Waals surface area contributed by atoms with Crippen LogP contribution in [0, 0.1) is 15.3 Å². The molecular formula is C17H17FINO6. The Morgan fingerprint density at radius 1 is 1.35 bits per heavy atom. The zero-order valence-electron chi connectivity index (χ0n) is 14.3. The first-order chi connectivity index (χ1) is 12.2. The topological polar surface area (TPSA) is 94.8 Å². The van der Waals surface area contributed by atoms with Crippen LogP contribution in [0.25, 0.3) is 10.9 Å². The van der Waals surface area contributed by atoms with Crippen molar-refractivity contribution in [2.75, 3.05) is 13.7 Å². The molecule has 2 rings (SSSR count). The van der Waals surface area contributed by atoms with Crippen molar-refractivity contribution < 1.29 is 28.6 Å². The van der Waals surface area contributed by atoms with Gasteiger partial charge in [0.15, 0.2) is 0 Å². The highest BCUT2D eigenvalue weighted by atomic mass is 127. The van der Waals surface area contributed by atoms with E-state index in [-0.39, 0.29) is 27.0 Å². The number of pyridine rings is 1. The zero-order chi connectivity index (χ0) is 19.6. The largest absolute Gasteiger partial charge is 0.508 e. The van der Waals surface area contributed by atoms with E-state index in [9.17, 15) is 23.9 Å². The fraction of sp³-hybridized carbons (Fsp3) is 0.353. The summed E-state index contributed by atoms with van der Waals surface area (Å²) >= 11 is 1.73. The molecule has 9 heteroatoms. The van der Waals surface area contributed by atoms with Crippen molar-refractivity contribution in [1.82, 2.24) is 4.57 Å². The van der Waals surface area contributed by atoms with Gasteiger partial charge in [-0.25, -0.2) is 14.0 Å². The summed E-state index contributed by atoms with van der Waals surface area (Å²) < 4.78 is 25.2. The fourth-order valence-electron chi connectivity index (χ4n) is 2.58. The monoisotopic (exact) mass is 477 g/mol. The molecule has 140 valence electrons. The van der Waals surface area contributed by atoms with E-state index < -0.39 is 35.0 Å². The number of rotatable bonds is 5. The van der Waals surface area contributed by atoms with Crippen LogP contribution in [-0.4, -0.2) is 35.5 Å². The van der Waals surface area contributed by atoms with E-state index in [4.69, 9.17) is 4.74 Å². The third kappa shape index (κ3) is 3.97. The van der Waals surface area contributed by atoms with Crippen LogP contribution in [0.4, 0.5) is 9.18 Å². The smallest absolute Gasteiger partial charge is 0.477 e. The van der Waals surface area contributed by atoms with Crippen LogP contribution in [0.2, 0.25) is 0 Å². The molecule has 1 unspecified atom stereocenters. The molecule has 0 saturated carbocycles. The van der Waals surface area contributed by atoms with Crippen LogP contribution in [0.15, 0.2) is 23.1 Å². The second-order valence-corrected chi connectivity index (χ2v) is 7.11. The Hall–Kier alpha value is -2.17. The summed E-state index contributed by atoms with van der Waals surface area (Å²) in [6, 6.07) is 1.96. The van der Waals surface area contributed by atoms with Crippen molar-refractivity contribution in [3.05, 3.63) is 43.5 Å². The molecule has 0 fully saturated rings. The molecule has 7 nitrogen and oxygen atoms in total. The third-order valence-electron chi connectivity index (χ3n) is 3.97. The third-order valence-corrected chi connectivity index (χ3v) is 4.80. The van der Waals surface area contributed by atoms with Crippen LogP contribution in [0.3, 0.4) is 0 Å². The number of ether oxygens (including phenoxy) is 2. The SMILES string of the molecule is COC(=O)OCC(C(C)C)n1cc(C(=O)O)c(=O)c2cc(I)c(F)cc21. The molecule has 0 bridgehead atoms. The molecule has 0 saturated heterocycles. The number of carboxylic acids is 1. The zero-order valence-corrected chi connectivity index (χ0v) is 16.4. The Labute approximate surface area is 161 Å². The Bertz CT molecular complexity index is 924. The van der Waals surface area contributed by atoms with E-state index in [2.05, 4.69) is 4.74 Å². The van der Waals surface area contributed by atoms with Crippen molar-refractivity contribution in [3.63, 3.8) is 0 Å².